The maximum Gasteiger partial charge on any atom is 0.247 e. The first-order chi connectivity index (χ1) is 10.5. The van der Waals surface area contributed by atoms with Crippen molar-refractivity contribution in [2.75, 3.05) is 12.3 Å². The molecule has 1 aromatic carbocycles. The van der Waals surface area contributed by atoms with Crippen LogP contribution in [0.2, 0.25) is 0 Å². The Bertz CT molecular complexity index is 710. The lowest BCUT2D eigenvalue weighted by molar-refractivity contribution is 0.501. The third-order valence-electron chi connectivity index (χ3n) is 3.27. The van der Waals surface area contributed by atoms with E-state index in [0.717, 1.165) is 17.5 Å². The van der Waals surface area contributed by atoms with Gasteiger partial charge in [-0.2, -0.15) is 0 Å². The van der Waals surface area contributed by atoms with Crippen LogP contribution in [0.5, 0.6) is 0 Å². The van der Waals surface area contributed by atoms with Gasteiger partial charge >= 0.3 is 0 Å². The molecule has 120 valence electrons. The third-order valence-corrected chi connectivity index (χ3v) is 4.74. The van der Waals surface area contributed by atoms with Crippen molar-refractivity contribution in [3.8, 4) is 11.5 Å². The van der Waals surface area contributed by atoms with Gasteiger partial charge in [0.15, 0.2) is 0 Å². The van der Waals surface area contributed by atoms with Crippen molar-refractivity contribution in [3.05, 3.63) is 35.7 Å². The van der Waals surface area contributed by atoms with E-state index in [1.54, 1.807) is 0 Å². The molecule has 0 fully saturated rings. The molecule has 22 heavy (non-hydrogen) atoms. The maximum absolute atomic E-state index is 11.7. The quantitative estimate of drug-likeness (QED) is 0.805. The van der Waals surface area contributed by atoms with E-state index in [4.69, 9.17) is 4.42 Å². The first-order valence-electron chi connectivity index (χ1n) is 7.37. The smallest absolute Gasteiger partial charge is 0.247 e. The van der Waals surface area contributed by atoms with E-state index in [9.17, 15) is 8.42 Å². The predicted octanol–water partition coefficient (Wildman–Crippen LogP) is 2.31. The van der Waals surface area contributed by atoms with Crippen LogP contribution in [0.25, 0.3) is 11.5 Å². The highest BCUT2D eigenvalue weighted by Crippen LogP contribution is 2.21. The van der Waals surface area contributed by atoms with E-state index in [1.165, 1.54) is 0 Å². The summed E-state index contributed by atoms with van der Waals surface area (Å²) in [5.41, 5.74) is 1.95. The molecule has 2 aromatic rings. The number of benzene rings is 1. The molecule has 0 saturated heterocycles. The molecule has 0 bridgehead atoms. The standard InChI is InChI=1S/C15H21N3O3S/c1-3-4-11-22(19,20)16-10-9-14-17-18-15(21-14)13-8-6-5-7-12(13)2/h5-8,16H,3-4,9-11H2,1-2H3. The molecule has 0 radical (unpaired) electrons. The highest BCUT2D eigenvalue weighted by molar-refractivity contribution is 7.89. The zero-order valence-electron chi connectivity index (χ0n) is 12.9. The van der Waals surface area contributed by atoms with Gasteiger partial charge < -0.3 is 4.42 Å². The topological polar surface area (TPSA) is 85.1 Å². The van der Waals surface area contributed by atoms with E-state index in [0.29, 0.717) is 24.6 Å². The molecule has 0 saturated carbocycles. The van der Waals surface area contributed by atoms with Crippen LogP contribution in [0.4, 0.5) is 0 Å². The van der Waals surface area contributed by atoms with Crippen LogP contribution in [-0.2, 0) is 16.4 Å². The molecule has 0 spiro atoms. The first kappa shape index (κ1) is 16.6. The lowest BCUT2D eigenvalue weighted by atomic mass is 10.1. The lowest BCUT2D eigenvalue weighted by Gasteiger charge is -2.04. The van der Waals surface area contributed by atoms with Crippen LogP contribution in [-0.4, -0.2) is 30.9 Å². The molecule has 0 unspecified atom stereocenters. The summed E-state index contributed by atoms with van der Waals surface area (Å²) in [7, 11) is -3.21. The summed E-state index contributed by atoms with van der Waals surface area (Å²) in [6, 6.07) is 7.75. The Hall–Kier alpha value is -1.73. The van der Waals surface area contributed by atoms with Crippen molar-refractivity contribution < 1.29 is 12.8 Å². The van der Waals surface area contributed by atoms with Gasteiger partial charge in [0.25, 0.3) is 0 Å². The van der Waals surface area contributed by atoms with Gasteiger partial charge in [-0.1, -0.05) is 31.5 Å². The largest absolute Gasteiger partial charge is 0.421 e. The fraction of sp³-hybridized carbons (Fsp3) is 0.467. The summed E-state index contributed by atoms with van der Waals surface area (Å²) in [5, 5.41) is 7.98. The van der Waals surface area contributed by atoms with E-state index in [1.807, 2.05) is 38.1 Å². The molecule has 1 aromatic heterocycles. The van der Waals surface area contributed by atoms with Crippen LogP contribution in [0.1, 0.15) is 31.2 Å². The zero-order chi connectivity index (χ0) is 16.0. The van der Waals surface area contributed by atoms with E-state index >= 15 is 0 Å². The Kier molecular flexibility index (Phi) is 5.68. The molecule has 0 aliphatic heterocycles. The van der Waals surface area contributed by atoms with Gasteiger partial charge in [0.05, 0.1) is 5.75 Å². The van der Waals surface area contributed by atoms with E-state index < -0.39 is 10.0 Å². The Morgan fingerprint density at radius 2 is 2.00 bits per heavy atom. The predicted molar refractivity (Wildman–Crippen MR) is 84.9 cm³/mol. The zero-order valence-corrected chi connectivity index (χ0v) is 13.7. The summed E-state index contributed by atoms with van der Waals surface area (Å²) in [6.45, 7) is 4.20. The molecule has 1 N–H and O–H groups in total. The molecule has 0 aliphatic rings. The number of nitrogens with one attached hydrogen (secondary N) is 1. The average Bonchev–Trinajstić information content (AvgIpc) is 2.94. The van der Waals surface area contributed by atoms with Crippen LogP contribution in [0.3, 0.4) is 0 Å². The molecule has 0 amide bonds. The lowest BCUT2D eigenvalue weighted by Crippen LogP contribution is -2.28. The number of hydrogen-bond acceptors (Lipinski definition) is 5. The van der Waals surface area contributed by atoms with Crippen molar-refractivity contribution in [1.29, 1.82) is 0 Å². The number of hydrogen-bond donors (Lipinski definition) is 1. The summed E-state index contributed by atoms with van der Waals surface area (Å²) in [6.07, 6.45) is 1.89. The number of aromatic nitrogens is 2. The van der Waals surface area contributed by atoms with Crippen LogP contribution >= 0.6 is 0 Å². The second-order valence-corrected chi connectivity index (χ2v) is 7.06. The first-order valence-corrected chi connectivity index (χ1v) is 9.03. The minimum atomic E-state index is -3.21. The Morgan fingerprint density at radius 3 is 2.73 bits per heavy atom. The van der Waals surface area contributed by atoms with Crippen molar-refractivity contribution in [2.24, 2.45) is 0 Å². The highest BCUT2D eigenvalue weighted by atomic mass is 32.2. The summed E-state index contributed by atoms with van der Waals surface area (Å²) < 4.78 is 31.5. The van der Waals surface area contributed by atoms with E-state index in [2.05, 4.69) is 14.9 Å². The van der Waals surface area contributed by atoms with Gasteiger partial charge in [-0.15, -0.1) is 10.2 Å². The Labute approximate surface area is 131 Å². The van der Waals surface area contributed by atoms with Gasteiger partial charge in [-0.05, 0) is 25.0 Å². The molecule has 1 heterocycles. The SMILES string of the molecule is CCCCS(=O)(=O)NCCc1nnc(-c2ccccc2C)o1. The van der Waals surface area contributed by atoms with Gasteiger partial charge in [0, 0.05) is 18.5 Å². The van der Waals surface area contributed by atoms with Crippen LogP contribution in [0, 0.1) is 6.92 Å². The second-order valence-electron chi connectivity index (χ2n) is 5.13. The van der Waals surface area contributed by atoms with Crippen LogP contribution in [0.15, 0.2) is 28.7 Å². The number of aryl methyl sites for hydroxylation is 1. The molecule has 0 aliphatic carbocycles. The fourth-order valence-electron chi connectivity index (χ4n) is 2.00. The Morgan fingerprint density at radius 1 is 1.23 bits per heavy atom. The van der Waals surface area contributed by atoms with Gasteiger partial charge in [0.2, 0.25) is 21.8 Å². The van der Waals surface area contributed by atoms with Crippen molar-refractivity contribution in [1.82, 2.24) is 14.9 Å². The molecular formula is C15H21N3O3S. The summed E-state index contributed by atoms with van der Waals surface area (Å²) >= 11 is 0. The van der Waals surface area contributed by atoms with E-state index in [-0.39, 0.29) is 12.3 Å². The van der Waals surface area contributed by atoms with Crippen molar-refractivity contribution in [2.45, 2.75) is 33.1 Å². The number of rotatable bonds is 8. The monoisotopic (exact) mass is 323 g/mol. The van der Waals surface area contributed by atoms with Gasteiger partial charge in [-0.25, -0.2) is 13.1 Å². The number of unbranched alkanes of at least 4 members (excludes halogenated alkanes) is 1. The van der Waals surface area contributed by atoms with Crippen molar-refractivity contribution in [3.63, 3.8) is 0 Å². The summed E-state index contributed by atoms with van der Waals surface area (Å²) in [5.74, 6) is 1.04. The highest BCUT2D eigenvalue weighted by Gasteiger charge is 2.12. The second kappa shape index (κ2) is 7.51. The normalized spacial score (nSPS) is 11.7. The minimum absolute atomic E-state index is 0.155. The van der Waals surface area contributed by atoms with Crippen molar-refractivity contribution >= 4 is 10.0 Å². The molecule has 6 nitrogen and oxygen atoms in total. The number of sulfonamides is 1. The number of nitrogens with zero attached hydrogens (tertiary/aromatic N) is 2. The maximum atomic E-state index is 11.7. The summed E-state index contributed by atoms with van der Waals surface area (Å²) in [4.78, 5) is 0. The average molecular weight is 323 g/mol. The minimum Gasteiger partial charge on any atom is -0.421 e. The Balaban J connectivity index is 1.92. The van der Waals surface area contributed by atoms with Gasteiger partial charge in [-0.3, -0.25) is 0 Å². The molecular weight excluding hydrogens is 302 g/mol. The van der Waals surface area contributed by atoms with Crippen LogP contribution < -0.4 is 4.72 Å². The fourth-order valence-corrected chi connectivity index (χ4v) is 3.22. The van der Waals surface area contributed by atoms with Gasteiger partial charge in [0.1, 0.15) is 0 Å². The molecule has 7 heteroatoms. The molecule has 0 atom stereocenters. The molecule has 2 rings (SSSR count). The third kappa shape index (κ3) is 4.64.